The van der Waals surface area contributed by atoms with Gasteiger partial charge >= 0.3 is 0 Å². The monoisotopic (exact) mass is 444 g/mol. The molecule has 3 heterocycles. The van der Waals surface area contributed by atoms with Gasteiger partial charge in [-0.3, -0.25) is 4.57 Å². The number of hydrogen-bond donors (Lipinski definition) is 1. The second kappa shape index (κ2) is 13.6. The smallest absolute Gasteiger partial charge is 0.205 e. The van der Waals surface area contributed by atoms with Crippen LogP contribution in [0, 0.1) is 0 Å². The normalized spacial score (nSPS) is 14.8. The Balaban J connectivity index is 1.80. The third-order valence-corrected chi connectivity index (χ3v) is 6.36. The van der Waals surface area contributed by atoms with E-state index in [2.05, 4.69) is 45.7 Å². The summed E-state index contributed by atoms with van der Waals surface area (Å²) in [5.74, 6) is 1.99. The van der Waals surface area contributed by atoms with Gasteiger partial charge in [-0.1, -0.05) is 33.1 Å². The van der Waals surface area contributed by atoms with Gasteiger partial charge in [-0.2, -0.15) is 0 Å². The number of nitrogens with one attached hydrogen (secondary N) is 1. The van der Waals surface area contributed by atoms with Gasteiger partial charge in [-0.15, -0.1) is 0 Å². The second-order valence-corrected chi connectivity index (χ2v) is 8.97. The number of likely N-dealkylation sites (tertiary alicyclic amines) is 1. The molecular weight excluding hydrogens is 400 g/mol. The number of rotatable bonds is 15. The first-order valence-electron chi connectivity index (χ1n) is 12.8. The number of methoxy groups -OCH3 is 1. The molecule has 1 aliphatic heterocycles. The maximum absolute atomic E-state index is 5.24. The van der Waals surface area contributed by atoms with Crippen molar-refractivity contribution in [3.8, 4) is 0 Å². The molecule has 0 saturated carbocycles. The summed E-state index contributed by atoms with van der Waals surface area (Å²) in [7, 11) is 1.73. The third-order valence-electron chi connectivity index (χ3n) is 6.36. The SMILES string of the molecule is CCCCN(CCCC)c1ccc2nc(NCCOC)n(CCCN3CCCCC3)c2n1. The average molecular weight is 445 g/mol. The zero-order valence-corrected chi connectivity index (χ0v) is 20.6. The van der Waals surface area contributed by atoms with Crippen LogP contribution in [0.5, 0.6) is 0 Å². The Bertz CT molecular complexity index is 778. The molecule has 0 radical (unpaired) electrons. The van der Waals surface area contributed by atoms with E-state index in [1.165, 1.54) is 58.0 Å². The van der Waals surface area contributed by atoms with E-state index in [9.17, 15) is 0 Å². The molecule has 0 bridgehead atoms. The number of nitrogens with zero attached hydrogens (tertiary/aromatic N) is 5. The van der Waals surface area contributed by atoms with Crippen molar-refractivity contribution in [2.75, 3.05) is 63.2 Å². The van der Waals surface area contributed by atoms with Crippen LogP contribution in [0.4, 0.5) is 11.8 Å². The molecule has 1 aliphatic rings. The number of imidazole rings is 1. The number of hydrogen-bond acceptors (Lipinski definition) is 6. The maximum atomic E-state index is 5.24. The standard InChI is InChI=1S/C25H44N6O/c1-4-6-18-30(19-7-5-2)23-13-12-22-24(28-23)31(25(27-22)26-14-21-32-3)20-11-17-29-15-9-8-10-16-29/h12-13H,4-11,14-21H2,1-3H3,(H,26,27). The minimum Gasteiger partial charge on any atom is -0.383 e. The summed E-state index contributed by atoms with van der Waals surface area (Å²) in [5, 5.41) is 3.47. The van der Waals surface area contributed by atoms with Gasteiger partial charge in [0, 0.05) is 33.3 Å². The zero-order chi connectivity index (χ0) is 22.6. The highest BCUT2D eigenvalue weighted by atomic mass is 16.5. The van der Waals surface area contributed by atoms with E-state index < -0.39 is 0 Å². The summed E-state index contributed by atoms with van der Waals surface area (Å²) in [6, 6.07) is 4.29. The van der Waals surface area contributed by atoms with Crippen molar-refractivity contribution in [2.45, 2.75) is 71.8 Å². The van der Waals surface area contributed by atoms with E-state index in [1.807, 2.05) is 0 Å². The molecule has 2 aromatic heterocycles. The first-order chi connectivity index (χ1) is 15.8. The first-order valence-corrected chi connectivity index (χ1v) is 12.8. The number of pyridine rings is 1. The molecule has 32 heavy (non-hydrogen) atoms. The van der Waals surface area contributed by atoms with Crippen molar-refractivity contribution < 1.29 is 4.74 Å². The molecule has 1 saturated heterocycles. The lowest BCUT2D eigenvalue weighted by molar-refractivity contribution is 0.210. The molecule has 0 atom stereocenters. The molecule has 7 nitrogen and oxygen atoms in total. The average Bonchev–Trinajstić information content (AvgIpc) is 3.17. The predicted octanol–water partition coefficient (Wildman–Crippen LogP) is 4.77. The Morgan fingerprint density at radius 2 is 1.72 bits per heavy atom. The van der Waals surface area contributed by atoms with E-state index in [-0.39, 0.29) is 0 Å². The Labute approximate surface area is 194 Å². The molecule has 0 spiro atoms. The molecule has 1 N–H and O–H groups in total. The number of aryl methyl sites for hydroxylation is 1. The van der Waals surface area contributed by atoms with Crippen LogP contribution < -0.4 is 10.2 Å². The summed E-state index contributed by atoms with van der Waals surface area (Å²) in [6.45, 7) is 12.6. The van der Waals surface area contributed by atoms with Crippen LogP contribution in [0.25, 0.3) is 11.2 Å². The highest BCUT2D eigenvalue weighted by Crippen LogP contribution is 2.23. The van der Waals surface area contributed by atoms with Gasteiger partial charge in [0.1, 0.15) is 11.3 Å². The van der Waals surface area contributed by atoms with Crippen LogP contribution in [0.1, 0.15) is 65.2 Å². The highest BCUT2D eigenvalue weighted by Gasteiger charge is 2.16. The van der Waals surface area contributed by atoms with Crippen molar-refractivity contribution in [3.63, 3.8) is 0 Å². The Kier molecular flexibility index (Phi) is 10.6. The Hall–Kier alpha value is -1.86. The number of piperidine rings is 1. The van der Waals surface area contributed by atoms with Crippen molar-refractivity contribution in [2.24, 2.45) is 0 Å². The predicted molar refractivity (Wildman–Crippen MR) is 135 cm³/mol. The molecule has 3 rings (SSSR count). The summed E-state index contributed by atoms with van der Waals surface area (Å²) in [5.41, 5.74) is 1.97. The van der Waals surface area contributed by atoms with Gasteiger partial charge < -0.3 is 19.9 Å². The number of unbranched alkanes of at least 4 members (excludes halogenated alkanes) is 2. The van der Waals surface area contributed by atoms with Crippen LogP contribution in [0.3, 0.4) is 0 Å². The minimum atomic E-state index is 0.664. The number of ether oxygens (including phenoxy) is 1. The van der Waals surface area contributed by atoms with Gasteiger partial charge in [0.05, 0.1) is 6.61 Å². The molecule has 7 heteroatoms. The minimum absolute atomic E-state index is 0.664. The maximum Gasteiger partial charge on any atom is 0.205 e. The molecule has 0 aromatic carbocycles. The summed E-state index contributed by atoms with van der Waals surface area (Å²) >= 11 is 0. The lowest BCUT2D eigenvalue weighted by atomic mass is 10.1. The Morgan fingerprint density at radius 1 is 0.969 bits per heavy atom. The van der Waals surface area contributed by atoms with Crippen molar-refractivity contribution in [3.05, 3.63) is 12.1 Å². The first kappa shape index (κ1) is 24.8. The van der Waals surface area contributed by atoms with Crippen LogP contribution in [0.15, 0.2) is 12.1 Å². The van der Waals surface area contributed by atoms with E-state index >= 15 is 0 Å². The van der Waals surface area contributed by atoms with Crippen LogP contribution in [-0.2, 0) is 11.3 Å². The van der Waals surface area contributed by atoms with Crippen LogP contribution >= 0.6 is 0 Å². The van der Waals surface area contributed by atoms with Crippen molar-refractivity contribution >= 4 is 22.9 Å². The molecule has 0 unspecified atom stereocenters. The lowest BCUT2D eigenvalue weighted by Gasteiger charge is -2.26. The van der Waals surface area contributed by atoms with Crippen molar-refractivity contribution in [1.29, 1.82) is 0 Å². The summed E-state index contributed by atoms with van der Waals surface area (Å²) < 4.78 is 7.52. The Morgan fingerprint density at radius 3 is 2.41 bits per heavy atom. The van der Waals surface area contributed by atoms with Crippen molar-refractivity contribution in [1.82, 2.24) is 19.4 Å². The van der Waals surface area contributed by atoms with E-state index in [0.717, 1.165) is 62.1 Å². The summed E-state index contributed by atoms with van der Waals surface area (Å²) in [6.07, 6.45) is 9.98. The third kappa shape index (κ3) is 7.07. The number of anilines is 2. The van der Waals surface area contributed by atoms with Gasteiger partial charge in [0.2, 0.25) is 5.95 Å². The molecule has 0 aliphatic carbocycles. The lowest BCUT2D eigenvalue weighted by Crippen LogP contribution is -2.31. The van der Waals surface area contributed by atoms with Gasteiger partial charge in [0.25, 0.3) is 0 Å². The van der Waals surface area contributed by atoms with Gasteiger partial charge in [-0.05, 0) is 63.9 Å². The number of fused-ring (bicyclic) bond motifs is 1. The van der Waals surface area contributed by atoms with Gasteiger partial charge in [0.15, 0.2) is 5.65 Å². The van der Waals surface area contributed by atoms with E-state index in [4.69, 9.17) is 14.7 Å². The quantitative estimate of drug-likeness (QED) is 0.399. The fourth-order valence-corrected chi connectivity index (χ4v) is 4.45. The largest absolute Gasteiger partial charge is 0.383 e. The molecule has 1 fully saturated rings. The topological polar surface area (TPSA) is 58.5 Å². The molecule has 0 amide bonds. The van der Waals surface area contributed by atoms with Crippen LogP contribution in [-0.4, -0.2) is 72.4 Å². The molecular formula is C25H44N6O. The van der Waals surface area contributed by atoms with Crippen LogP contribution in [0.2, 0.25) is 0 Å². The fraction of sp³-hybridized carbons (Fsp3) is 0.760. The fourth-order valence-electron chi connectivity index (χ4n) is 4.45. The second-order valence-electron chi connectivity index (χ2n) is 8.97. The van der Waals surface area contributed by atoms with E-state index in [0.29, 0.717) is 6.61 Å². The number of aromatic nitrogens is 3. The van der Waals surface area contributed by atoms with E-state index in [1.54, 1.807) is 7.11 Å². The zero-order valence-electron chi connectivity index (χ0n) is 20.6. The highest BCUT2D eigenvalue weighted by molar-refractivity contribution is 5.76. The summed E-state index contributed by atoms with van der Waals surface area (Å²) in [4.78, 5) is 15.1. The van der Waals surface area contributed by atoms with Gasteiger partial charge in [-0.25, -0.2) is 9.97 Å². The molecule has 2 aromatic rings. The molecule has 180 valence electrons.